The van der Waals surface area contributed by atoms with E-state index in [1.165, 1.54) is 6.07 Å². The summed E-state index contributed by atoms with van der Waals surface area (Å²) in [5, 5.41) is -0.0815. The smallest absolute Gasteiger partial charge is 0.327 e. The number of halogens is 2. The van der Waals surface area contributed by atoms with E-state index in [2.05, 4.69) is 9.97 Å². The SMILES string of the molecule is CCCCn1c(CCCCC(F)F)cc(=O)c2c(=O)[nH]c(=O)[nH]c21. The summed E-state index contributed by atoms with van der Waals surface area (Å²) in [5.41, 5.74) is -1.01. The lowest BCUT2D eigenvalue weighted by atomic mass is 10.1. The third-order valence-corrected chi connectivity index (χ3v) is 3.92. The number of unbranched alkanes of at least 4 members (excludes halogenated alkanes) is 2. The van der Waals surface area contributed by atoms with E-state index in [1.54, 1.807) is 4.57 Å². The van der Waals surface area contributed by atoms with Crippen molar-refractivity contribution >= 4 is 11.0 Å². The highest BCUT2D eigenvalue weighted by molar-refractivity contribution is 5.73. The van der Waals surface area contributed by atoms with Gasteiger partial charge in [-0.15, -0.1) is 0 Å². The summed E-state index contributed by atoms with van der Waals surface area (Å²) >= 11 is 0. The molecule has 0 atom stereocenters. The molecule has 0 unspecified atom stereocenters. The number of fused-ring (bicyclic) bond motifs is 1. The van der Waals surface area contributed by atoms with E-state index in [0.29, 0.717) is 31.5 Å². The molecule has 0 bridgehead atoms. The maximum absolute atomic E-state index is 12.2. The molecule has 8 heteroatoms. The maximum Gasteiger partial charge on any atom is 0.327 e. The van der Waals surface area contributed by atoms with Gasteiger partial charge >= 0.3 is 5.69 Å². The molecule has 0 aliphatic carbocycles. The van der Waals surface area contributed by atoms with Gasteiger partial charge in [-0.05, 0) is 25.7 Å². The Morgan fingerprint density at radius 1 is 1.12 bits per heavy atom. The van der Waals surface area contributed by atoms with Gasteiger partial charge in [0.2, 0.25) is 6.43 Å². The third kappa shape index (κ3) is 4.18. The van der Waals surface area contributed by atoms with Crippen molar-refractivity contribution < 1.29 is 8.78 Å². The Balaban J connectivity index is 2.47. The van der Waals surface area contributed by atoms with Crippen LogP contribution in [-0.2, 0) is 13.0 Å². The number of aromatic nitrogens is 3. The Kier molecular flexibility index (Phi) is 6.05. The van der Waals surface area contributed by atoms with Crippen molar-refractivity contribution in [2.75, 3.05) is 0 Å². The number of H-pyrrole nitrogens is 2. The van der Waals surface area contributed by atoms with Crippen molar-refractivity contribution in [3.05, 3.63) is 42.8 Å². The molecular weight excluding hydrogens is 320 g/mol. The summed E-state index contributed by atoms with van der Waals surface area (Å²) in [7, 11) is 0. The number of alkyl halides is 2. The fourth-order valence-corrected chi connectivity index (χ4v) is 2.73. The number of hydrogen-bond acceptors (Lipinski definition) is 3. The molecule has 2 rings (SSSR count). The zero-order valence-corrected chi connectivity index (χ0v) is 13.5. The predicted octanol–water partition coefficient (Wildman–Crippen LogP) is 2.16. The first-order chi connectivity index (χ1) is 11.4. The molecule has 0 aliphatic heterocycles. The summed E-state index contributed by atoms with van der Waals surface area (Å²) in [6, 6.07) is 1.37. The number of hydrogen-bond donors (Lipinski definition) is 2. The highest BCUT2D eigenvalue weighted by Gasteiger charge is 2.13. The van der Waals surface area contributed by atoms with Crippen molar-refractivity contribution in [1.82, 2.24) is 14.5 Å². The van der Waals surface area contributed by atoms with E-state index >= 15 is 0 Å². The molecule has 2 aromatic heterocycles. The largest absolute Gasteiger partial charge is 0.331 e. The molecule has 2 aromatic rings. The first-order valence-electron chi connectivity index (χ1n) is 8.11. The monoisotopic (exact) mass is 341 g/mol. The number of aryl methyl sites for hydroxylation is 2. The van der Waals surface area contributed by atoms with Crippen LogP contribution >= 0.6 is 0 Å². The summed E-state index contributed by atoms with van der Waals surface area (Å²) in [4.78, 5) is 40.3. The van der Waals surface area contributed by atoms with E-state index in [-0.39, 0.29) is 17.5 Å². The minimum absolute atomic E-state index is 0.0815. The molecule has 0 saturated heterocycles. The molecule has 0 saturated carbocycles. The van der Waals surface area contributed by atoms with Gasteiger partial charge < -0.3 is 4.57 Å². The molecule has 2 N–H and O–H groups in total. The van der Waals surface area contributed by atoms with Crippen LogP contribution in [0.25, 0.3) is 11.0 Å². The third-order valence-electron chi connectivity index (χ3n) is 3.92. The Morgan fingerprint density at radius 2 is 1.88 bits per heavy atom. The van der Waals surface area contributed by atoms with Gasteiger partial charge in [-0.2, -0.15) is 0 Å². The van der Waals surface area contributed by atoms with Crippen LogP contribution in [0.5, 0.6) is 0 Å². The van der Waals surface area contributed by atoms with E-state index in [9.17, 15) is 23.2 Å². The lowest BCUT2D eigenvalue weighted by Gasteiger charge is -2.16. The molecular formula is C16H21F2N3O3. The molecule has 0 radical (unpaired) electrons. The van der Waals surface area contributed by atoms with Gasteiger partial charge in [0.05, 0.1) is 0 Å². The number of aromatic amines is 2. The van der Waals surface area contributed by atoms with Gasteiger partial charge in [0.1, 0.15) is 11.0 Å². The molecule has 132 valence electrons. The Morgan fingerprint density at radius 3 is 2.54 bits per heavy atom. The minimum atomic E-state index is -2.33. The molecule has 0 fully saturated rings. The van der Waals surface area contributed by atoms with Gasteiger partial charge in [0.15, 0.2) is 5.43 Å². The van der Waals surface area contributed by atoms with Crippen LogP contribution in [0.15, 0.2) is 20.4 Å². The highest BCUT2D eigenvalue weighted by atomic mass is 19.3. The van der Waals surface area contributed by atoms with Crippen molar-refractivity contribution in [2.24, 2.45) is 0 Å². The first-order valence-corrected chi connectivity index (χ1v) is 8.11. The second kappa shape index (κ2) is 8.03. The number of pyridine rings is 1. The van der Waals surface area contributed by atoms with Crippen LogP contribution in [0, 0.1) is 0 Å². The van der Waals surface area contributed by atoms with Crippen molar-refractivity contribution in [3.8, 4) is 0 Å². The number of rotatable bonds is 8. The fraction of sp³-hybridized carbons (Fsp3) is 0.562. The minimum Gasteiger partial charge on any atom is -0.331 e. The van der Waals surface area contributed by atoms with Crippen molar-refractivity contribution in [1.29, 1.82) is 0 Å². The van der Waals surface area contributed by atoms with Crippen LogP contribution in [-0.4, -0.2) is 21.0 Å². The topological polar surface area (TPSA) is 87.7 Å². The Hall–Kier alpha value is -2.25. The van der Waals surface area contributed by atoms with Crippen LogP contribution in [0.4, 0.5) is 8.78 Å². The van der Waals surface area contributed by atoms with Crippen molar-refractivity contribution in [3.63, 3.8) is 0 Å². The van der Waals surface area contributed by atoms with E-state index in [4.69, 9.17) is 0 Å². The molecule has 0 amide bonds. The summed E-state index contributed by atoms with van der Waals surface area (Å²) < 4.78 is 26.2. The lowest BCUT2D eigenvalue weighted by Crippen LogP contribution is -2.29. The number of nitrogens with one attached hydrogen (secondary N) is 2. The van der Waals surface area contributed by atoms with E-state index in [1.807, 2.05) is 6.92 Å². The zero-order chi connectivity index (χ0) is 17.7. The fourth-order valence-electron chi connectivity index (χ4n) is 2.73. The normalized spacial score (nSPS) is 11.5. The molecule has 0 aromatic carbocycles. The molecule has 0 aliphatic rings. The second-order valence-corrected chi connectivity index (χ2v) is 5.77. The van der Waals surface area contributed by atoms with Gasteiger partial charge in [-0.3, -0.25) is 19.6 Å². The van der Waals surface area contributed by atoms with Crippen molar-refractivity contribution in [2.45, 2.75) is 58.4 Å². The van der Waals surface area contributed by atoms with Gasteiger partial charge in [-0.25, -0.2) is 13.6 Å². The highest BCUT2D eigenvalue weighted by Crippen LogP contribution is 2.13. The van der Waals surface area contributed by atoms with Crippen LogP contribution in [0.3, 0.4) is 0 Å². The summed E-state index contributed by atoms with van der Waals surface area (Å²) in [6.07, 6.45) is 0.486. The maximum atomic E-state index is 12.2. The zero-order valence-electron chi connectivity index (χ0n) is 13.5. The predicted molar refractivity (Wildman–Crippen MR) is 87.9 cm³/mol. The number of nitrogens with zero attached hydrogens (tertiary/aromatic N) is 1. The lowest BCUT2D eigenvalue weighted by molar-refractivity contribution is 0.134. The van der Waals surface area contributed by atoms with E-state index < -0.39 is 23.1 Å². The average molecular weight is 341 g/mol. The Labute approximate surface area is 136 Å². The van der Waals surface area contributed by atoms with Gasteiger partial charge in [-0.1, -0.05) is 13.3 Å². The second-order valence-electron chi connectivity index (χ2n) is 5.77. The summed E-state index contributed by atoms with van der Waals surface area (Å²) in [6.45, 7) is 2.54. The Bertz CT molecular complexity index is 867. The molecule has 0 spiro atoms. The average Bonchev–Trinajstić information content (AvgIpc) is 2.50. The van der Waals surface area contributed by atoms with E-state index in [0.717, 1.165) is 12.8 Å². The first kappa shape index (κ1) is 18.1. The van der Waals surface area contributed by atoms with Crippen LogP contribution < -0.4 is 16.7 Å². The van der Waals surface area contributed by atoms with Crippen LogP contribution in [0.1, 0.15) is 44.7 Å². The molecule has 2 heterocycles. The molecule has 24 heavy (non-hydrogen) atoms. The van der Waals surface area contributed by atoms with Gasteiger partial charge in [0, 0.05) is 24.7 Å². The quantitative estimate of drug-likeness (QED) is 0.721. The molecule has 6 nitrogen and oxygen atoms in total. The van der Waals surface area contributed by atoms with Gasteiger partial charge in [0.25, 0.3) is 5.56 Å². The summed E-state index contributed by atoms with van der Waals surface area (Å²) in [5.74, 6) is 0. The van der Waals surface area contributed by atoms with Crippen LogP contribution in [0.2, 0.25) is 0 Å². The standard InChI is InChI=1S/C16H21F2N3O3/c1-2-3-8-21-10(6-4-5-7-12(17)18)9-11(22)13-14(21)19-16(24)20-15(13)23/h9,12H,2-8H2,1H3,(H2,19,20,23,24).